The van der Waals surface area contributed by atoms with Crippen molar-refractivity contribution in [3.8, 4) is 5.69 Å². The molecule has 0 aliphatic carbocycles. The van der Waals surface area contributed by atoms with Crippen LogP contribution in [0.3, 0.4) is 0 Å². The van der Waals surface area contributed by atoms with E-state index in [1.54, 1.807) is 36.4 Å². The van der Waals surface area contributed by atoms with Crippen molar-refractivity contribution in [2.45, 2.75) is 6.54 Å². The Morgan fingerprint density at radius 2 is 1.92 bits per heavy atom. The van der Waals surface area contributed by atoms with Crippen molar-refractivity contribution in [3.05, 3.63) is 65.2 Å². The van der Waals surface area contributed by atoms with Crippen LogP contribution in [-0.4, -0.2) is 26.2 Å². The van der Waals surface area contributed by atoms with Gasteiger partial charge in [-0.25, -0.2) is 9.18 Å². The highest BCUT2D eigenvalue weighted by Crippen LogP contribution is 2.14. The molecule has 2 amide bonds. The van der Waals surface area contributed by atoms with Crippen molar-refractivity contribution in [1.82, 2.24) is 25.5 Å². The molecule has 0 atom stereocenters. The number of benzene rings is 2. The van der Waals surface area contributed by atoms with E-state index in [0.717, 1.165) is 0 Å². The first-order valence-corrected chi connectivity index (χ1v) is 7.34. The molecule has 7 nitrogen and oxygen atoms in total. The molecule has 0 aliphatic heterocycles. The lowest BCUT2D eigenvalue weighted by Gasteiger charge is -2.08. The molecule has 0 bridgehead atoms. The lowest BCUT2D eigenvalue weighted by Crippen LogP contribution is -2.29. The SMILES string of the molecule is O=C(NCc1nnnn1-c1ccc(Cl)cc1)Nc1ccccc1F. The van der Waals surface area contributed by atoms with Crippen LogP contribution in [-0.2, 0) is 6.54 Å². The van der Waals surface area contributed by atoms with E-state index in [1.165, 1.54) is 16.8 Å². The number of urea groups is 1. The molecular formula is C15H12ClFN6O. The maximum Gasteiger partial charge on any atom is 0.319 e. The van der Waals surface area contributed by atoms with Crippen LogP contribution in [0.2, 0.25) is 5.02 Å². The van der Waals surface area contributed by atoms with Crippen LogP contribution in [0, 0.1) is 5.82 Å². The zero-order chi connectivity index (χ0) is 16.9. The number of para-hydroxylation sites is 1. The minimum atomic E-state index is -0.564. The fourth-order valence-electron chi connectivity index (χ4n) is 1.99. The third-order valence-corrected chi connectivity index (χ3v) is 3.39. The largest absolute Gasteiger partial charge is 0.330 e. The molecule has 3 rings (SSSR count). The highest BCUT2D eigenvalue weighted by atomic mass is 35.5. The molecule has 0 saturated heterocycles. The molecule has 9 heteroatoms. The van der Waals surface area contributed by atoms with E-state index in [9.17, 15) is 9.18 Å². The number of carbonyl (C=O) groups is 1. The number of hydrogen-bond acceptors (Lipinski definition) is 4. The number of carbonyl (C=O) groups excluding carboxylic acids is 1. The van der Waals surface area contributed by atoms with Gasteiger partial charge >= 0.3 is 6.03 Å². The van der Waals surface area contributed by atoms with E-state index in [0.29, 0.717) is 16.5 Å². The Kier molecular flexibility index (Phi) is 4.66. The standard InChI is InChI=1S/C15H12ClFN6O/c16-10-5-7-11(8-6-10)23-14(20-21-22-23)9-18-15(24)19-13-4-2-1-3-12(13)17/h1-8H,9H2,(H2,18,19,24). The van der Waals surface area contributed by atoms with Crippen LogP contribution in [0.5, 0.6) is 0 Å². The van der Waals surface area contributed by atoms with Gasteiger partial charge in [-0.3, -0.25) is 0 Å². The molecule has 0 fully saturated rings. The van der Waals surface area contributed by atoms with E-state index in [2.05, 4.69) is 26.2 Å². The van der Waals surface area contributed by atoms with Gasteiger partial charge in [-0.2, -0.15) is 4.68 Å². The molecular weight excluding hydrogens is 335 g/mol. The molecule has 3 aromatic rings. The summed E-state index contributed by atoms with van der Waals surface area (Å²) in [6.45, 7) is 0.0654. The van der Waals surface area contributed by atoms with Crippen molar-refractivity contribution in [3.63, 3.8) is 0 Å². The van der Waals surface area contributed by atoms with Gasteiger partial charge in [0.15, 0.2) is 5.82 Å². The first-order valence-electron chi connectivity index (χ1n) is 6.96. The van der Waals surface area contributed by atoms with Gasteiger partial charge < -0.3 is 10.6 Å². The molecule has 0 radical (unpaired) electrons. The second kappa shape index (κ2) is 7.05. The number of halogens is 2. The minimum Gasteiger partial charge on any atom is -0.330 e. The number of nitrogens with one attached hydrogen (secondary N) is 2. The van der Waals surface area contributed by atoms with Crippen molar-refractivity contribution >= 4 is 23.3 Å². The topological polar surface area (TPSA) is 84.7 Å². The summed E-state index contributed by atoms with van der Waals surface area (Å²) in [5, 5.41) is 16.9. The smallest absolute Gasteiger partial charge is 0.319 e. The fourth-order valence-corrected chi connectivity index (χ4v) is 2.11. The Morgan fingerprint density at radius 3 is 2.67 bits per heavy atom. The van der Waals surface area contributed by atoms with E-state index in [-0.39, 0.29) is 12.2 Å². The van der Waals surface area contributed by atoms with Gasteiger partial charge in [-0.1, -0.05) is 23.7 Å². The van der Waals surface area contributed by atoms with Crippen LogP contribution < -0.4 is 10.6 Å². The van der Waals surface area contributed by atoms with Crippen molar-refractivity contribution in [2.75, 3.05) is 5.32 Å². The zero-order valence-electron chi connectivity index (χ0n) is 12.3. The van der Waals surface area contributed by atoms with Gasteiger partial charge in [0.1, 0.15) is 5.82 Å². The van der Waals surface area contributed by atoms with E-state index >= 15 is 0 Å². The Labute approximate surface area is 141 Å². The average Bonchev–Trinajstić information content (AvgIpc) is 3.04. The molecule has 0 unspecified atom stereocenters. The second-order valence-corrected chi connectivity index (χ2v) is 5.21. The molecule has 0 aliphatic rings. The highest BCUT2D eigenvalue weighted by molar-refractivity contribution is 6.30. The van der Waals surface area contributed by atoms with Crippen molar-refractivity contribution in [1.29, 1.82) is 0 Å². The normalized spacial score (nSPS) is 10.4. The van der Waals surface area contributed by atoms with E-state index in [1.807, 2.05) is 0 Å². The van der Waals surface area contributed by atoms with Crippen LogP contribution in [0.15, 0.2) is 48.5 Å². The minimum absolute atomic E-state index is 0.0654. The van der Waals surface area contributed by atoms with Gasteiger partial charge in [-0.15, -0.1) is 5.10 Å². The molecule has 0 spiro atoms. The Balaban J connectivity index is 1.65. The first kappa shape index (κ1) is 15.9. The van der Waals surface area contributed by atoms with Gasteiger partial charge in [-0.05, 0) is 46.8 Å². The number of nitrogens with zero attached hydrogens (tertiary/aromatic N) is 4. The Bertz CT molecular complexity index is 851. The molecule has 2 N–H and O–H groups in total. The predicted molar refractivity (Wildman–Crippen MR) is 86.4 cm³/mol. The number of amides is 2. The number of rotatable bonds is 4. The summed E-state index contributed by atoms with van der Waals surface area (Å²) >= 11 is 5.85. The van der Waals surface area contributed by atoms with Crippen LogP contribution in [0.1, 0.15) is 5.82 Å². The second-order valence-electron chi connectivity index (χ2n) is 4.77. The zero-order valence-corrected chi connectivity index (χ0v) is 13.0. The lowest BCUT2D eigenvalue weighted by molar-refractivity contribution is 0.251. The summed E-state index contributed by atoms with van der Waals surface area (Å²) in [7, 11) is 0. The average molecular weight is 347 g/mol. The maximum absolute atomic E-state index is 13.5. The Hall–Kier alpha value is -3.00. The van der Waals surface area contributed by atoms with E-state index < -0.39 is 11.8 Å². The molecule has 0 saturated carbocycles. The monoisotopic (exact) mass is 346 g/mol. The number of tetrazole rings is 1. The van der Waals surface area contributed by atoms with Crippen molar-refractivity contribution < 1.29 is 9.18 Å². The number of aromatic nitrogens is 4. The van der Waals surface area contributed by atoms with Gasteiger partial charge in [0.25, 0.3) is 0 Å². The van der Waals surface area contributed by atoms with Gasteiger partial charge in [0, 0.05) is 5.02 Å². The molecule has 1 heterocycles. The van der Waals surface area contributed by atoms with Crippen LogP contribution >= 0.6 is 11.6 Å². The fraction of sp³-hybridized carbons (Fsp3) is 0.0667. The van der Waals surface area contributed by atoms with Crippen LogP contribution in [0.4, 0.5) is 14.9 Å². The predicted octanol–water partition coefficient (Wildman–Crippen LogP) is 2.78. The summed E-state index contributed by atoms with van der Waals surface area (Å²) in [4.78, 5) is 11.9. The van der Waals surface area contributed by atoms with Crippen molar-refractivity contribution in [2.24, 2.45) is 0 Å². The molecule has 24 heavy (non-hydrogen) atoms. The number of hydrogen-bond donors (Lipinski definition) is 2. The van der Waals surface area contributed by atoms with Crippen LogP contribution in [0.25, 0.3) is 5.69 Å². The quantitative estimate of drug-likeness (QED) is 0.760. The number of anilines is 1. The Morgan fingerprint density at radius 1 is 1.17 bits per heavy atom. The highest BCUT2D eigenvalue weighted by Gasteiger charge is 2.11. The lowest BCUT2D eigenvalue weighted by atomic mass is 10.3. The summed E-state index contributed by atoms with van der Waals surface area (Å²) in [5.74, 6) is -0.0975. The van der Waals surface area contributed by atoms with Gasteiger partial charge in [0.05, 0.1) is 17.9 Å². The summed E-state index contributed by atoms with van der Waals surface area (Å²) in [5.41, 5.74) is 0.794. The van der Waals surface area contributed by atoms with E-state index in [4.69, 9.17) is 11.6 Å². The van der Waals surface area contributed by atoms with Gasteiger partial charge in [0.2, 0.25) is 0 Å². The molecule has 1 aromatic heterocycles. The first-order chi connectivity index (χ1) is 11.6. The maximum atomic E-state index is 13.5. The third-order valence-electron chi connectivity index (χ3n) is 3.13. The summed E-state index contributed by atoms with van der Waals surface area (Å²) < 4.78 is 15.0. The summed E-state index contributed by atoms with van der Waals surface area (Å²) in [6.07, 6.45) is 0. The molecule has 122 valence electrons. The third kappa shape index (κ3) is 3.66. The molecule has 2 aromatic carbocycles. The summed E-state index contributed by atoms with van der Waals surface area (Å²) in [6, 6.07) is 12.2.